The summed E-state index contributed by atoms with van der Waals surface area (Å²) in [6.07, 6.45) is 1.01. The standard InChI is InChI=1S/C22H27Cl2N3O5S/c1-5-25-22(29)15(2)26(13-16-6-11-19(23)20(24)12-16)21(28)14-27(33(4,30)31)17-7-9-18(32-3)10-8-17/h6-12,15H,5,13-14H2,1-4H3,(H,25,29)/t15-/m0/s1. The maximum atomic E-state index is 13.4. The zero-order valence-electron chi connectivity index (χ0n) is 18.8. The lowest BCUT2D eigenvalue weighted by atomic mass is 10.1. The van der Waals surface area contributed by atoms with Crippen LogP contribution in [-0.4, -0.2) is 57.6 Å². The lowest BCUT2D eigenvalue weighted by Gasteiger charge is -2.31. The summed E-state index contributed by atoms with van der Waals surface area (Å²) >= 11 is 12.1. The first-order valence-corrected chi connectivity index (χ1v) is 12.7. The Morgan fingerprint density at radius 1 is 1.09 bits per heavy atom. The van der Waals surface area contributed by atoms with Gasteiger partial charge in [-0.05, 0) is 55.8 Å². The van der Waals surface area contributed by atoms with Crippen molar-refractivity contribution in [2.45, 2.75) is 26.4 Å². The molecule has 0 aromatic heterocycles. The van der Waals surface area contributed by atoms with Crippen LogP contribution >= 0.6 is 23.2 Å². The van der Waals surface area contributed by atoms with Crippen LogP contribution in [0.1, 0.15) is 19.4 Å². The fraction of sp³-hybridized carbons (Fsp3) is 0.364. The van der Waals surface area contributed by atoms with Crippen molar-refractivity contribution < 1.29 is 22.7 Å². The Kier molecular flexibility index (Phi) is 9.39. The third kappa shape index (κ3) is 7.25. The molecular formula is C22H27Cl2N3O5S. The third-order valence-corrected chi connectivity index (χ3v) is 6.77. The molecule has 0 aliphatic carbocycles. The molecule has 180 valence electrons. The van der Waals surface area contributed by atoms with Crippen LogP contribution in [-0.2, 0) is 26.2 Å². The highest BCUT2D eigenvalue weighted by Gasteiger charge is 2.30. The lowest BCUT2D eigenvalue weighted by molar-refractivity contribution is -0.139. The van der Waals surface area contributed by atoms with Crippen molar-refractivity contribution in [2.24, 2.45) is 0 Å². The first kappa shape index (κ1) is 26.8. The molecule has 0 saturated carbocycles. The number of halogens is 2. The minimum absolute atomic E-state index is 0.0360. The molecule has 0 heterocycles. The summed E-state index contributed by atoms with van der Waals surface area (Å²) in [6.45, 7) is 3.28. The van der Waals surface area contributed by atoms with Gasteiger partial charge in [-0.3, -0.25) is 13.9 Å². The van der Waals surface area contributed by atoms with Gasteiger partial charge in [-0.1, -0.05) is 29.3 Å². The number of nitrogens with zero attached hydrogens (tertiary/aromatic N) is 2. The molecule has 2 rings (SSSR count). The molecule has 0 spiro atoms. The van der Waals surface area contributed by atoms with Crippen molar-refractivity contribution in [1.29, 1.82) is 0 Å². The van der Waals surface area contributed by atoms with Gasteiger partial charge in [-0.25, -0.2) is 8.42 Å². The molecule has 2 aromatic carbocycles. The normalized spacial score (nSPS) is 12.1. The number of nitrogens with one attached hydrogen (secondary N) is 1. The number of amides is 2. The number of ether oxygens (including phenoxy) is 1. The number of rotatable bonds is 10. The Hall–Kier alpha value is -2.49. The molecule has 0 radical (unpaired) electrons. The minimum Gasteiger partial charge on any atom is -0.497 e. The molecule has 2 aromatic rings. The Bertz CT molecular complexity index is 1090. The fourth-order valence-electron chi connectivity index (χ4n) is 3.10. The highest BCUT2D eigenvalue weighted by molar-refractivity contribution is 7.92. The van der Waals surface area contributed by atoms with E-state index in [-0.39, 0.29) is 12.5 Å². The molecule has 8 nitrogen and oxygen atoms in total. The van der Waals surface area contributed by atoms with E-state index in [2.05, 4.69) is 5.32 Å². The van der Waals surface area contributed by atoms with Crippen molar-refractivity contribution in [3.8, 4) is 5.75 Å². The summed E-state index contributed by atoms with van der Waals surface area (Å²) in [6, 6.07) is 10.3. The summed E-state index contributed by atoms with van der Waals surface area (Å²) < 4.78 is 31.1. The average Bonchev–Trinajstić information content (AvgIpc) is 2.77. The second-order valence-corrected chi connectivity index (χ2v) is 10.0. The number of likely N-dealkylation sites (N-methyl/N-ethyl adjacent to an activating group) is 1. The molecule has 0 bridgehead atoms. The van der Waals surface area contributed by atoms with Crippen molar-refractivity contribution in [3.05, 3.63) is 58.1 Å². The zero-order valence-corrected chi connectivity index (χ0v) is 21.2. The molecule has 0 saturated heterocycles. The second kappa shape index (κ2) is 11.6. The predicted molar refractivity (Wildman–Crippen MR) is 130 cm³/mol. The van der Waals surface area contributed by atoms with E-state index in [1.54, 1.807) is 56.3 Å². The van der Waals surface area contributed by atoms with Gasteiger partial charge >= 0.3 is 0 Å². The smallest absolute Gasteiger partial charge is 0.244 e. The number of hydrogen-bond donors (Lipinski definition) is 1. The number of methoxy groups -OCH3 is 1. The Balaban J connectivity index is 2.39. The van der Waals surface area contributed by atoms with Gasteiger partial charge in [0, 0.05) is 13.1 Å². The number of sulfonamides is 1. The Morgan fingerprint density at radius 3 is 2.24 bits per heavy atom. The average molecular weight is 516 g/mol. The van der Waals surface area contributed by atoms with E-state index in [1.807, 2.05) is 0 Å². The summed E-state index contributed by atoms with van der Waals surface area (Å²) in [7, 11) is -2.31. The fourth-order valence-corrected chi connectivity index (χ4v) is 4.27. The first-order valence-electron chi connectivity index (χ1n) is 10.1. The monoisotopic (exact) mass is 515 g/mol. The topological polar surface area (TPSA) is 96.0 Å². The van der Waals surface area contributed by atoms with Gasteiger partial charge in [0.2, 0.25) is 21.8 Å². The second-order valence-electron chi connectivity index (χ2n) is 7.31. The van der Waals surface area contributed by atoms with Crippen LogP contribution < -0.4 is 14.4 Å². The molecule has 2 amide bonds. The SMILES string of the molecule is CCNC(=O)[C@H](C)N(Cc1ccc(Cl)c(Cl)c1)C(=O)CN(c1ccc(OC)cc1)S(C)(=O)=O. The minimum atomic E-state index is -3.80. The van der Waals surface area contributed by atoms with Crippen LogP contribution in [0.3, 0.4) is 0 Å². The highest BCUT2D eigenvalue weighted by Crippen LogP contribution is 2.25. The molecule has 0 aliphatic rings. The number of anilines is 1. The van der Waals surface area contributed by atoms with Gasteiger partial charge < -0.3 is 15.0 Å². The summed E-state index contributed by atoms with van der Waals surface area (Å²) in [5.41, 5.74) is 0.941. The number of carbonyl (C=O) groups is 2. The Labute approximate surface area is 204 Å². The van der Waals surface area contributed by atoms with E-state index in [0.29, 0.717) is 33.6 Å². The van der Waals surface area contributed by atoms with E-state index < -0.39 is 28.5 Å². The molecule has 0 unspecified atom stereocenters. The number of benzene rings is 2. The molecule has 1 N–H and O–H groups in total. The van der Waals surface area contributed by atoms with Crippen molar-refractivity contribution in [3.63, 3.8) is 0 Å². The van der Waals surface area contributed by atoms with Gasteiger partial charge in [-0.15, -0.1) is 0 Å². The largest absolute Gasteiger partial charge is 0.497 e. The van der Waals surface area contributed by atoms with Gasteiger partial charge in [0.1, 0.15) is 18.3 Å². The maximum Gasteiger partial charge on any atom is 0.244 e. The van der Waals surface area contributed by atoms with Gasteiger partial charge in [0.05, 0.1) is 29.1 Å². The van der Waals surface area contributed by atoms with Crippen molar-refractivity contribution in [1.82, 2.24) is 10.2 Å². The van der Waals surface area contributed by atoms with Gasteiger partial charge in [0.15, 0.2) is 0 Å². The molecule has 11 heteroatoms. The first-order chi connectivity index (χ1) is 15.5. The lowest BCUT2D eigenvalue weighted by Crippen LogP contribution is -2.51. The van der Waals surface area contributed by atoms with Crippen LogP contribution in [0.5, 0.6) is 5.75 Å². The molecule has 1 atom stereocenters. The van der Waals surface area contributed by atoms with Crippen LogP contribution in [0.15, 0.2) is 42.5 Å². The third-order valence-electron chi connectivity index (χ3n) is 4.89. The van der Waals surface area contributed by atoms with Gasteiger partial charge in [0.25, 0.3) is 0 Å². The number of hydrogen-bond acceptors (Lipinski definition) is 5. The molecule has 0 aliphatic heterocycles. The molecular weight excluding hydrogens is 489 g/mol. The van der Waals surface area contributed by atoms with Gasteiger partial charge in [-0.2, -0.15) is 0 Å². The van der Waals surface area contributed by atoms with E-state index in [9.17, 15) is 18.0 Å². The van der Waals surface area contributed by atoms with Crippen LogP contribution in [0.4, 0.5) is 5.69 Å². The van der Waals surface area contributed by atoms with Crippen LogP contribution in [0.25, 0.3) is 0 Å². The summed E-state index contributed by atoms with van der Waals surface area (Å²) in [5.74, 6) is -0.369. The van der Waals surface area contributed by atoms with E-state index in [4.69, 9.17) is 27.9 Å². The quantitative estimate of drug-likeness (QED) is 0.523. The van der Waals surface area contributed by atoms with E-state index in [0.717, 1.165) is 10.6 Å². The number of carbonyl (C=O) groups excluding carboxylic acids is 2. The Morgan fingerprint density at radius 2 is 1.73 bits per heavy atom. The molecule has 0 fully saturated rings. The zero-order chi connectivity index (χ0) is 24.8. The summed E-state index contributed by atoms with van der Waals surface area (Å²) in [4.78, 5) is 27.2. The van der Waals surface area contributed by atoms with E-state index >= 15 is 0 Å². The van der Waals surface area contributed by atoms with Crippen LogP contribution in [0, 0.1) is 0 Å². The highest BCUT2D eigenvalue weighted by atomic mass is 35.5. The van der Waals surface area contributed by atoms with Crippen LogP contribution in [0.2, 0.25) is 10.0 Å². The van der Waals surface area contributed by atoms with E-state index in [1.165, 1.54) is 12.0 Å². The summed E-state index contributed by atoms with van der Waals surface area (Å²) in [5, 5.41) is 3.36. The van der Waals surface area contributed by atoms with Crippen molar-refractivity contribution >= 4 is 50.7 Å². The molecule has 33 heavy (non-hydrogen) atoms. The van der Waals surface area contributed by atoms with Crippen molar-refractivity contribution in [2.75, 3.05) is 30.8 Å². The maximum absolute atomic E-state index is 13.4. The predicted octanol–water partition coefficient (Wildman–Crippen LogP) is 3.32.